The first-order valence-corrected chi connectivity index (χ1v) is 11.5. The minimum atomic E-state index is -3.81. The Balaban J connectivity index is 2.50. The molecular weight excluding hydrogens is 448 g/mol. The highest BCUT2D eigenvalue weighted by Crippen LogP contribution is 2.38. The van der Waals surface area contributed by atoms with Gasteiger partial charge in [-0.05, 0) is 48.2 Å². The topological polar surface area (TPSA) is 85.4 Å². The molecule has 6 nitrogen and oxygen atoms in total. The second kappa shape index (κ2) is 8.07. The molecule has 136 valence electrons. The second-order valence-corrected chi connectivity index (χ2v) is 10.2. The predicted octanol–water partition coefficient (Wildman–Crippen LogP) is 4.07. The van der Waals surface area contributed by atoms with Crippen molar-refractivity contribution in [2.75, 3.05) is 18.7 Å². The van der Waals surface area contributed by atoms with E-state index in [2.05, 4.69) is 31.0 Å². The maximum atomic E-state index is 13.0. The average molecular weight is 465 g/mol. The fraction of sp³-hybridized carbons (Fsp3) is 0.333. The van der Waals surface area contributed by atoms with Crippen LogP contribution in [0.2, 0.25) is 0 Å². The molecule has 2 aromatic heterocycles. The van der Waals surface area contributed by atoms with E-state index in [0.29, 0.717) is 14.5 Å². The van der Waals surface area contributed by atoms with Crippen molar-refractivity contribution < 1.29 is 17.9 Å². The lowest BCUT2D eigenvalue weighted by Gasteiger charge is -2.12. The fourth-order valence-corrected chi connectivity index (χ4v) is 6.46. The predicted molar refractivity (Wildman–Crippen MR) is 104 cm³/mol. The molecule has 0 aliphatic heterocycles. The summed E-state index contributed by atoms with van der Waals surface area (Å²) in [7, 11) is -2.55. The summed E-state index contributed by atoms with van der Waals surface area (Å²) < 4.78 is 31.7. The summed E-state index contributed by atoms with van der Waals surface area (Å²) in [5.41, 5.74) is 0. The van der Waals surface area contributed by atoms with E-state index < -0.39 is 15.8 Å². The van der Waals surface area contributed by atoms with Gasteiger partial charge in [-0.25, -0.2) is 18.2 Å². The van der Waals surface area contributed by atoms with Gasteiger partial charge in [0.05, 0.1) is 25.6 Å². The first-order valence-electron chi connectivity index (χ1n) is 7.14. The number of aromatic nitrogens is 1. The third-order valence-corrected chi connectivity index (χ3v) is 7.94. The zero-order valence-corrected chi connectivity index (χ0v) is 18.0. The fourth-order valence-electron chi connectivity index (χ4n) is 1.96. The second-order valence-electron chi connectivity index (χ2n) is 5.26. The number of thiophene rings is 1. The number of nitrogens with one attached hydrogen (secondary N) is 1. The van der Waals surface area contributed by atoms with E-state index in [1.165, 1.54) is 37.2 Å². The maximum Gasteiger partial charge on any atom is 0.348 e. The largest absolute Gasteiger partial charge is 0.465 e. The summed E-state index contributed by atoms with van der Waals surface area (Å²) in [4.78, 5) is 16.3. The standard InChI is InChI=1S/C15H17BrN2O4S3/c1-8(2)18-13-10(16)5-9(7-17-13)25(20,21)12-6-11(14(19)22-3)24-15(12)23-4/h5-8H,1-4H3,(H,17,18). The number of hydrogen-bond acceptors (Lipinski definition) is 8. The van der Waals surface area contributed by atoms with Gasteiger partial charge in [-0.15, -0.1) is 23.1 Å². The highest BCUT2D eigenvalue weighted by Gasteiger charge is 2.27. The van der Waals surface area contributed by atoms with Crippen molar-refractivity contribution in [2.24, 2.45) is 0 Å². The number of pyridine rings is 1. The van der Waals surface area contributed by atoms with Gasteiger partial charge in [0.15, 0.2) is 0 Å². The van der Waals surface area contributed by atoms with Crippen molar-refractivity contribution in [3.05, 3.63) is 27.7 Å². The number of sulfone groups is 1. The molecule has 0 atom stereocenters. The monoisotopic (exact) mass is 464 g/mol. The van der Waals surface area contributed by atoms with Gasteiger partial charge in [-0.2, -0.15) is 0 Å². The summed E-state index contributed by atoms with van der Waals surface area (Å²) in [6, 6.07) is 3.02. The third-order valence-electron chi connectivity index (χ3n) is 3.08. The van der Waals surface area contributed by atoms with Crippen LogP contribution >= 0.6 is 39.0 Å². The van der Waals surface area contributed by atoms with Crippen molar-refractivity contribution >= 4 is 60.7 Å². The number of ether oxygens (including phenoxy) is 1. The summed E-state index contributed by atoms with van der Waals surface area (Å²) in [5.74, 6) is 0.0112. The normalized spacial score (nSPS) is 11.6. The summed E-state index contributed by atoms with van der Waals surface area (Å²) in [6.07, 6.45) is 3.07. The molecule has 0 saturated heterocycles. The molecule has 0 unspecified atom stereocenters. The molecule has 0 radical (unpaired) electrons. The summed E-state index contributed by atoms with van der Waals surface area (Å²) in [5, 5.41) is 3.12. The first-order chi connectivity index (χ1) is 11.7. The highest BCUT2D eigenvalue weighted by molar-refractivity contribution is 9.10. The molecule has 2 rings (SSSR count). The molecule has 0 spiro atoms. The number of carbonyl (C=O) groups excluding carboxylic acids is 1. The highest BCUT2D eigenvalue weighted by atomic mass is 79.9. The van der Waals surface area contributed by atoms with Crippen LogP contribution in [0.3, 0.4) is 0 Å². The number of esters is 1. The van der Waals surface area contributed by atoms with Crippen LogP contribution in [0.25, 0.3) is 0 Å². The van der Waals surface area contributed by atoms with Gasteiger partial charge in [0.25, 0.3) is 0 Å². The lowest BCUT2D eigenvalue weighted by Crippen LogP contribution is -2.12. The van der Waals surface area contributed by atoms with E-state index in [1.54, 1.807) is 6.26 Å². The molecule has 0 amide bonds. The van der Waals surface area contributed by atoms with Crippen molar-refractivity contribution in [1.82, 2.24) is 4.98 Å². The van der Waals surface area contributed by atoms with Gasteiger partial charge < -0.3 is 10.1 Å². The lowest BCUT2D eigenvalue weighted by atomic mass is 10.4. The third kappa shape index (κ3) is 4.36. The SMILES string of the molecule is COC(=O)c1cc(S(=O)(=O)c2cnc(NC(C)C)c(Br)c2)c(SC)s1. The number of hydrogen-bond donors (Lipinski definition) is 1. The quantitative estimate of drug-likeness (QED) is 0.509. The van der Waals surface area contributed by atoms with Crippen LogP contribution in [-0.4, -0.2) is 38.8 Å². The van der Waals surface area contributed by atoms with E-state index in [1.807, 2.05) is 13.8 Å². The minimum Gasteiger partial charge on any atom is -0.465 e. The van der Waals surface area contributed by atoms with E-state index >= 15 is 0 Å². The number of carbonyl (C=O) groups is 1. The Labute approximate surface area is 163 Å². The van der Waals surface area contributed by atoms with E-state index in [9.17, 15) is 13.2 Å². The maximum absolute atomic E-state index is 13.0. The first kappa shape index (κ1) is 20.2. The van der Waals surface area contributed by atoms with E-state index in [4.69, 9.17) is 0 Å². The Morgan fingerprint density at radius 1 is 1.40 bits per heavy atom. The molecule has 0 aliphatic rings. The number of anilines is 1. The Morgan fingerprint density at radius 2 is 2.08 bits per heavy atom. The number of halogens is 1. The molecule has 0 aliphatic carbocycles. The van der Waals surface area contributed by atoms with E-state index in [0.717, 1.165) is 11.3 Å². The Morgan fingerprint density at radius 3 is 2.60 bits per heavy atom. The summed E-state index contributed by atoms with van der Waals surface area (Å²) >= 11 is 5.71. The number of nitrogens with zero attached hydrogens (tertiary/aromatic N) is 1. The Bertz CT molecular complexity index is 894. The van der Waals surface area contributed by atoms with Crippen molar-refractivity contribution in [3.63, 3.8) is 0 Å². The van der Waals surface area contributed by atoms with Crippen LogP contribution in [0.5, 0.6) is 0 Å². The van der Waals surface area contributed by atoms with Crippen molar-refractivity contribution in [1.29, 1.82) is 0 Å². The van der Waals surface area contributed by atoms with Gasteiger partial charge >= 0.3 is 5.97 Å². The van der Waals surface area contributed by atoms with Gasteiger partial charge in [0.1, 0.15) is 10.7 Å². The van der Waals surface area contributed by atoms with Crippen molar-refractivity contribution in [2.45, 2.75) is 33.9 Å². The molecule has 0 fully saturated rings. The van der Waals surface area contributed by atoms with Gasteiger partial charge in [-0.3, -0.25) is 0 Å². The molecular formula is C15H17BrN2O4S3. The van der Waals surface area contributed by atoms with Crippen LogP contribution in [-0.2, 0) is 14.6 Å². The number of methoxy groups -OCH3 is 1. The van der Waals surface area contributed by atoms with Gasteiger partial charge in [-0.1, -0.05) is 0 Å². The molecule has 2 aromatic rings. The molecule has 0 aromatic carbocycles. The average Bonchev–Trinajstić information content (AvgIpc) is 3.00. The number of thioether (sulfide) groups is 1. The Hall–Kier alpha value is -1.10. The molecule has 10 heteroatoms. The lowest BCUT2D eigenvalue weighted by molar-refractivity contribution is 0.0606. The van der Waals surface area contributed by atoms with Crippen LogP contribution in [0.1, 0.15) is 23.5 Å². The zero-order chi connectivity index (χ0) is 18.8. The zero-order valence-electron chi connectivity index (χ0n) is 14.0. The Kier molecular flexibility index (Phi) is 6.52. The van der Waals surface area contributed by atoms with Gasteiger partial charge in [0, 0.05) is 12.2 Å². The smallest absolute Gasteiger partial charge is 0.348 e. The van der Waals surface area contributed by atoms with Crippen molar-refractivity contribution in [3.8, 4) is 0 Å². The van der Waals surface area contributed by atoms with Gasteiger partial charge in [0.2, 0.25) is 9.84 Å². The summed E-state index contributed by atoms with van der Waals surface area (Å²) in [6.45, 7) is 3.92. The van der Waals surface area contributed by atoms with Crippen LogP contribution in [0, 0.1) is 0 Å². The molecule has 25 heavy (non-hydrogen) atoms. The molecule has 0 bridgehead atoms. The number of rotatable bonds is 6. The molecule has 0 saturated carbocycles. The van der Waals surface area contributed by atoms with E-state index in [-0.39, 0.29) is 20.7 Å². The minimum absolute atomic E-state index is 0.0539. The molecule has 1 N–H and O–H groups in total. The van der Waals surface area contributed by atoms with Crippen LogP contribution in [0.4, 0.5) is 5.82 Å². The molecule has 2 heterocycles. The van der Waals surface area contributed by atoms with Crippen LogP contribution in [0.15, 0.2) is 36.8 Å². The van der Waals surface area contributed by atoms with Crippen LogP contribution < -0.4 is 5.32 Å².